The fraction of sp³-hybridized carbons (Fsp3) is 0.375. The summed E-state index contributed by atoms with van der Waals surface area (Å²) in [5.74, 6) is 1.84. The van der Waals surface area contributed by atoms with Crippen molar-refractivity contribution in [3.63, 3.8) is 0 Å². The lowest BCUT2D eigenvalue weighted by molar-refractivity contribution is 0.298. The van der Waals surface area contributed by atoms with Gasteiger partial charge in [0.1, 0.15) is 17.6 Å². The molecule has 32 heavy (non-hydrogen) atoms. The Morgan fingerprint density at radius 2 is 1.78 bits per heavy atom. The Bertz CT molecular complexity index is 1250. The summed E-state index contributed by atoms with van der Waals surface area (Å²) < 4.78 is 31.7. The van der Waals surface area contributed by atoms with E-state index in [2.05, 4.69) is 22.3 Å². The molecule has 1 unspecified atom stereocenters. The van der Waals surface area contributed by atoms with Crippen molar-refractivity contribution in [1.82, 2.24) is 9.29 Å². The zero-order valence-electron chi connectivity index (χ0n) is 17.9. The van der Waals surface area contributed by atoms with Gasteiger partial charge in [-0.15, -0.1) is 0 Å². The van der Waals surface area contributed by atoms with Crippen molar-refractivity contribution in [2.75, 3.05) is 19.3 Å². The lowest BCUT2D eigenvalue weighted by Crippen LogP contribution is -2.37. The number of rotatable bonds is 5. The molecule has 0 amide bonds. The number of fused-ring (bicyclic) bond motifs is 1. The third-order valence-corrected chi connectivity index (χ3v) is 7.95. The topological polar surface area (TPSA) is 92.8 Å². The van der Waals surface area contributed by atoms with Crippen molar-refractivity contribution in [2.24, 2.45) is 5.18 Å². The van der Waals surface area contributed by atoms with E-state index >= 15 is 0 Å². The molecule has 0 bridgehead atoms. The maximum absolute atomic E-state index is 11.9. The van der Waals surface area contributed by atoms with Gasteiger partial charge in [0, 0.05) is 42.5 Å². The zero-order chi connectivity index (χ0) is 22.3. The first-order valence-electron chi connectivity index (χ1n) is 10.9. The normalized spacial score (nSPS) is 19.7. The molecule has 0 spiro atoms. The molecular formula is C24H25N3O4S. The molecule has 2 aromatic heterocycles. The van der Waals surface area contributed by atoms with Crippen molar-refractivity contribution in [3.05, 3.63) is 70.6 Å². The molecule has 1 aliphatic carbocycles. The molecule has 1 atom stereocenters. The van der Waals surface area contributed by atoms with Crippen LogP contribution in [0.15, 0.2) is 58.4 Å². The smallest absolute Gasteiger partial charge is 0.211 e. The number of piperidine rings is 1. The monoisotopic (exact) mass is 451 g/mol. The SMILES string of the molecule is CS(=O)(=O)N1CCC(c2cc(-c3ccc4c(c3)CCC4N=O)c(-c3ccncc3)o2)CC1. The van der Waals surface area contributed by atoms with Crippen LogP contribution in [-0.2, 0) is 16.4 Å². The highest BCUT2D eigenvalue weighted by Crippen LogP contribution is 2.42. The maximum atomic E-state index is 11.9. The van der Waals surface area contributed by atoms with E-state index in [1.807, 2.05) is 24.3 Å². The van der Waals surface area contributed by atoms with Crippen LogP contribution >= 0.6 is 0 Å². The molecule has 3 aromatic rings. The van der Waals surface area contributed by atoms with E-state index in [9.17, 15) is 13.3 Å². The Morgan fingerprint density at radius 3 is 2.47 bits per heavy atom. The lowest BCUT2D eigenvalue weighted by Gasteiger charge is -2.29. The van der Waals surface area contributed by atoms with Gasteiger partial charge in [-0.2, -0.15) is 4.91 Å². The summed E-state index contributed by atoms with van der Waals surface area (Å²) in [5, 5.41) is 3.26. The highest BCUT2D eigenvalue weighted by molar-refractivity contribution is 7.88. The Hall–Kier alpha value is -2.84. The van der Waals surface area contributed by atoms with Gasteiger partial charge < -0.3 is 4.42 Å². The molecule has 1 aromatic carbocycles. The van der Waals surface area contributed by atoms with Gasteiger partial charge in [0.2, 0.25) is 10.0 Å². The van der Waals surface area contributed by atoms with Crippen LogP contribution in [0.2, 0.25) is 0 Å². The van der Waals surface area contributed by atoms with E-state index in [1.165, 1.54) is 10.6 Å². The number of hydrogen-bond acceptors (Lipinski definition) is 6. The number of nitroso groups, excluding NO2 is 1. The Balaban J connectivity index is 1.52. The average Bonchev–Trinajstić information content (AvgIpc) is 3.43. The van der Waals surface area contributed by atoms with Gasteiger partial charge in [0.25, 0.3) is 0 Å². The Kier molecular flexibility index (Phi) is 5.43. The van der Waals surface area contributed by atoms with Crippen LogP contribution in [0, 0.1) is 4.91 Å². The van der Waals surface area contributed by atoms with Crippen LogP contribution < -0.4 is 0 Å². The third kappa shape index (κ3) is 3.89. The minimum absolute atomic E-state index is 0.167. The second-order valence-corrected chi connectivity index (χ2v) is 10.6. The van der Waals surface area contributed by atoms with Crippen molar-refractivity contribution in [2.45, 2.75) is 37.6 Å². The molecule has 1 saturated heterocycles. The van der Waals surface area contributed by atoms with Crippen LogP contribution in [0.4, 0.5) is 0 Å². The average molecular weight is 452 g/mol. The van der Waals surface area contributed by atoms with Crippen LogP contribution in [0.1, 0.15) is 48.1 Å². The number of pyridine rings is 1. The highest BCUT2D eigenvalue weighted by atomic mass is 32.2. The molecule has 2 aliphatic rings. The summed E-state index contributed by atoms with van der Waals surface area (Å²) in [6.07, 6.45) is 7.82. The molecule has 7 nitrogen and oxygen atoms in total. The molecule has 3 heterocycles. The highest BCUT2D eigenvalue weighted by Gasteiger charge is 2.29. The number of nitrogens with zero attached hydrogens (tertiary/aromatic N) is 3. The van der Waals surface area contributed by atoms with Gasteiger partial charge >= 0.3 is 0 Å². The van der Waals surface area contributed by atoms with Crippen molar-refractivity contribution >= 4 is 10.0 Å². The van der Waals surface area contributed by atoms with Gasteiger partial charge in [0.05, 0.1) is 6.26 Å². The molecule has 0 radical (unpaired) electrons. The summed E-state index contributed by atoms with van der Waals surface area (Å²) in [7, 11) is -3.17. The van der Waals surface area contributed by atoms with Gasteiger partial charge in [0.15, 0.2) is 0 Å². The quantitative estimate of drug-likeness (QED) is 0.514. The molecule has 1 fully saturated rings. The summed E-state index contributed by atoms with van der Waals surface area (Å²) in [6.45, 7) is 1.01. The second kappa shape index (κ2) is 8.26. The van der Waals surface area contributed by atoms with Crippen LogP contribution in [-0.4, -0.2) is 37.1 Å². The van der Waals surface area contributed by atoms with Crippen molar-refractivity contribution in [1.29, 1.82) is 0 Å². The maximum Gasteiger partial charge on any atom is 0.211 e. The summed E-state index contributed by atoms with van der Waals surface area (Å²) in [5.41, 5.74) is 5.18. The fourth-order valence-corrected chi connectivity index (χ4v) is 5.76. The number of aromatic nitrogens is 1. The van der Waals surface area contributed by atoms with Crippen LogP contribution in [0.5, 0.6) is 0 Å². The van der Waals surface area contributed by atoms with E-state index < -0.39 is 10.0 Å². The second-order valence-electron chi connectivity index (χ2n) is 8.64. The predicted octanol–water partition coefficient (Wildman–Crippen LogP) is 4.90. The van der Waals surface area contributed by atoms with Crippen molar-refractivity contribution in [3.8, 4) is 22.5 Å². The lowest BCUT2D eigenvalue weighted by atomic mass is 9.93. The van der Waals surface area contributed by atoms with E-state index in [0.29, 0.717) is 13.1 Å². The third-order valence-electron chi connectivity index (χ3n) is 6.65. The zero-order valence-corrected chi connectivity index (χ0v) is 18.7. The minimum Gasteiger partial charge on any atom is -0.460 e. The molecule has 0 N–H and O–H groups in total. The first-order valence-corrected chi connectivity index (χ1v) is 12.7. The molecule has 5 rings (SSSR count). The summed E-state index contributed by atoms with van der Waals surface area (Å²) in [6, 6.07) is 11.9. The Labute approximate surface area is 187 Å². The van der Waals surface area contributed by atoms with E-state index in [-0.39, 0.29) is 12.0 Å². The predicted molar refractivity (Wildman–Crippen MR) is 123 cm³/mol. The number of aryl methyl sites for hydroxylation is 1. The van der Waals surface area contributed by atoms with Gasteiger partial charge in [-0.1, -0.05) is 23.4 Å². The minimum atomic E-state index is -3.17. The van der Waals surface area contributed by atoms with E-state index in [0.717, 1.165) is 65.0 Å². The van der Waals surface area contributed by atoms with Gasteiger partial charge in [-0.25, -0.2) is 12.7 Å². The molecule has 1 aliphatic heterocycles. The largest absolute Gasteiger partial charge is 0.460 e. The van der Waals surface area contributed by atoms with Crippen LogP contribution in [0.25, 0.3) is 22.5 Å². The Morgan fingerprint density at radius 1 is 1.03 bits per heavy atom. The number of hydrogen-bond donors (Lipinski definition) is 0. The fourth-order valence-electron chi connectivity index (χ4n) is 4.89. The molecule has 0 saturated carbocycles. The number of sulfonamides is 1. The first-order chi connectivity index (χ1) is 15.4. The summed E-state index contributed by atoms with van der Waals surface area (Å²) in [4.78, 5) is 15.2. The summed E-state index contributed by atoms with van der Waals surface area (Å²) >= 11 is 0. The van der Waals surface area contributed by atoms with E-state index in [1.54, 1.807) is 12.4 Å². The molecular weight excluding hydrogens is 426 g/mol. The standard InChI is InChI=1S/C24H25N3O4S/c1-32(29,30)27-12-8-16(9-13-27)23-15-21(24(31-23)17-6-10-25-11-7-17)19-2-4-20-18(14-19)3-5-22(20)26-28/h2,4,6-7,10-11,14-16,22H,3,5,8-9,12-13H2,1H3. The van der Waals surface area contributed by atoms with Gasteiger partial charge in [-0.3, -0.25) is 4.98 Å². The molecule has 166 valence electrons. The number of furan rings is 1. The molecule has 8 heteroatoms. The van der Waals surface area contributed by atoms with Crippen molar-refractivity contribution < 1.29 is 12.8 Å². The van der Waals surface area contributed by atoms with Crippen LogP contribution in [0.3, 0.4) is 0 Å². The number of benzene rings is 1. The van der Waals surface area contributed by atoms with E-state index in [4.69, 9.17) is 4.42 Å². The van der Waals surface area contributed by atoms with Gasteiger partial charge in [-0.05, 0) is 60.6 Å². The first kappa shape index (κ1) is 21.0.